The van der Waals surface area contributed by atoms with Crippen molar-refractivity contribution < 1.29 is 21.7 Å². The van der Waals surface area contributed by atoms with E-state index in [1.165, 1.54) is 43.1 Å². The summed E-state index contributed by atoms with van der Waals surface area (Å²) < 4.78 is 0. The zero-order valence-corrected chi connectivity index (χ0v) is 35.1. The first-order chi connectivity index (χ1) is 23.8. The Labute approximate surface area is 342 Å². The second-order valence-electron chi connectivity index (χ2n) is 12.4. The maximum Gasteiger partial charge on any atom is 0.0307 e. The molecule has 0 bridgehead atoms. The van der Waals surface area contributed by atoms with Crippen LogP contribution in [0.15, 0.2) is 188 Å². The standard InChI is InChI=1S/4C9H7.C5H5.C4H10N.C2H6Si.2ClH.Ti/c4*1-2-5-9-7-3-6-8(9)4-1;1-2-4-5-3-1;1-4(2,3)5;1-3-2;;;/h4*1-7H;1-3H,4H2;5H,1-3H3;1-2H3;2*1H;/q6*-1;;;;. The Kier molecular flexibility index (Phi) is 25.9. The van der Waals surface area contributed by atoms with Gasteiger partial charge in [-0.3, -0.25) is 6.08 Å². The van der Waals surface area contributed by atoms with Crippen LogP contribution in [0.1, 0.15) is 27.2 Å². The normalized spacial score (nSPS) is 10.3. The minimum Gasteiger partial charge on any atom is -0.673 e. The number of fused-ring (bicyclic) bond motifs is 4. The van der Waals surface area contributed by atoms with E-state index in [1.54, 1.807) is 0 Å². The molecular formula is C47H51Cl2NSiTi-6. The molecule has 0 saturated carbocycles. The van der Waals surface area contributed by atoms with E-state index in [-0.39, 0.29) is 52.1 Å². The van der Waals surface area contributed by atoms with Crippen molar-refractivity contribution in [1.29, 1.82) is 0 Å². The van der Waals surface area contributed by atoms with Crippen molar-refractivity contribution in [1.82, 2.24) is 0 Å². The number of allylic oxidation sites excluding steroid dienone is 4. The van der Waals surface area contributed by atoms with Crippen molar-refractivity contribution >= 4 is 77.4 Å². The van der Waals surface area contributed by atoms with Gasteiger partial charge in [-0.15, -0.1) is 155 Å². The molecule has 8 aromatic carbocycles. The molecule has 1 aliphatic carbocycles. The molecule has 0 saturated heterocycles. The van der Waals surface area contributed by atoms with Crippen LogP contribution in [0.5, 0.6) is 0 Å². The summed E-state index contributed by atoms with van der Waals surface area (Å²) in [4.78, 5) is 0. The van der Waals surface area contributed by atoms with Gasteiger partial charge in [0.1, 0.15) is 0 Å². The van der Waals surface area contributed by atoms with Crippen LogP contribution in [0, 0.1) is 6.08 Å². The molecule has 2 radical (unpaired) electrons. The van der Waals surface area contributed by atoms with Crippen molar-refractivity contribution in [3.05, 3.63) is 200 Å². The molecule has 9 rings (SSSR count). The number of rotatable bonds is 0. The maximum atomic E-state index is 6.94. The summed E-state index contributed by atoms with van der Waals surface area (Å²) in [6.45, 7) is 9.87. The van der Waals surface area contributed by atoms with Gasteiger partial charge in [0.15, 0.2) is 0 Å². The van der Waals surface area contributed by atoms with Crippen LogP contribution in [0.4, 0.5) is 0 Å². The van der Waals surface area contributed by atoms with Crippen molar-refractivity contribution in [3.63, 3.8) is 0 Å². The summed E-state index contributed by atoms with van der Waals surface area (Å²) >= 11 is 0. The summed E-state index contributed by atoms with van der Waals surface area (Å²) in [6, 6.07) is 58.7. The molecule has 272 valence electrons. The van der Waals surface area contributed by atoms with Gasteiger partial charge in [0, 0.05) is 31.2 Å². The Balaban J connectivity index is 0.000000593. The zero-order chi connectivity index (χ0) is 35.2. The van der Waals surface area contributed by atoms with Gasteiger partial charge >= 0.3 is 0 Å². The van der Waals surface area contributed by atoms with E-state index in [0.29, 0.717) is 0 Å². The SMILES string of the molecule is CC(C)(C)[NH-].C[Si]C.Cl.Cl.[C-]1=CC=CC1.[Ti].c1ccc2[cH-]ccc2c1.c1ccc2[cH-]ccc2c1.c1ccc2[cH-]ccc2c1.c1ccc2[cH-]ccc2c1. The second-order valence-corrected chi connectivity index (χ2v) is 13.4. The van der Waals surface area contributed by atoms with E-state index in [4.69, 9.17) is 5.73 Å². The van der Waals surface area contributed by atoms with Gasteiger partial charge in [-0.05, 0) is 0 Å². The molecule has 0 heterocycles. The number of nitrogens with one attached hydrogen (secondary N) is 1. The average Bonchev–Trinajstić information content (AvgIpc) is 3.96. The third kappa shape index (κ3) is 19.8. The van der Waals surface area contributed by atoms with Crippen LogP contribution in [0.2, 0.25) is 13.1 Å². The molecule has 0 unspecified atom stereocenters. The van der Waals surface area contributed by atoms with Crippen molar-refractivity contribution in [3.8, 4) is 0 Å². The first-order valence-corrected chi connectivity index (χ1v) is 18.8. The molecule has 1 aliphatic rings. The summed E-state index contributed by atoms with van der Waals surface area (Å²) in [6.07, 6.45) is 10.0. The van der Waals surface area contributed by atoms with E-state index in [0.717, 1.165) is 15.9 Å². The minimum absolute atomic E-state index is 0. The molecule has 0 aromatic heterocycles. The van der Waals surface area contributed by atoms with Gasteiger partial charge in [0.25, 0.3) is 0 Å². The molecule has 1 N–H and O–H groups in total. The van der Waals surface area contributed by atoms with Gasteiger partial charge in [0.2, 0.25) is 0 Å². The largest absolute Gasteiger partial charge is 0.673 e. The van der Waals surface area contributed by atoms with Crippen LogP contribution in [-0.4, -0.2) is 15.1 Å². The quantitative estimate of drug-likeness (QED) is 0.108. The molecule has 0 atom stereocenters. The molecule has 0 spiro atoms. The molecule has 0 amide bonds. The Morgan fingerprint density at radius 3 is 0.942 bits per heavy atom. The number of hydrogen-bond donors (Lipinski definition) is 0. The molecular weight excluding hydrogens is 725 g/mol. The van der Waals surface area contributed by atoms with Gasteiger partial charge in [-0.1, -0.05) is 58.1 Å². The predicted molar refractivity (Wildman–Crippen MR) is 236 cm³/mol. The smallest absolute Gasteiger partial charge is 0.0307 e. The minimum atomic E-state index is -0.250. The molecule has 52 heavy (non-hydrogen) atoms. The monoisotopic (exact) mass is 775 g/mol. The zero-order valence-electron chi connectivity index (χ0n) is 30.9. The Morgan fingerprint density at radius 1 is 0.519 bits per heavy atom. The fourth-order valence-corrected chi connectivity index (χ4v) is 4.62. The van der Waals surface area contributed by atoms with Gasteiger partial charge in [-0.25, -0.2) is 12.2 Å². The fourth-order valence-electron chi connectivity index (χ4n) is 4.62. The van der Waals surface area contributed by atoms with E-state index < -0.39 is 0 Å². The van der Waals surface area contributed by atoms with Gasteiger partial charge in [0.05, 0.1) is 0 Å². The Hall–Kier alpha value is -3.73. The van der Waals surface area contributed by atoms with Crippen molar-refractivity contribution in [2.45, 2.75) is 45.8 Å². The maximum absolute atomic E-state index is 6.94. The van der Waals surface area contributed by atoms with Crippen LogP contribution >= 0.6 is 24.8 Å². The van der Waals surface area contributed by atoms with Crippen LogP contribution in [-0.2, 0) is 21.7 Å². The Morgan fingerprint density at radius 2 is 0.769 bits per heavy atom. The van der Waals surface area contributed by atoms with Gasteiger partial charge in [-0.2, -0.15) is 76.2 Å². The topological polar surface area (TPSA) is 23.8 Å². The molecule has 1 nitrogen and oxygen atoms in total. The van der Waals surface area contributed by atoms with Crippen molar-refractivity contribution in [2.75, 3.05) is 0 Å². The van der Waals surface area contributed by atoms with Crippen LogP contribution < -0.4 is 0 Å². The first-order valence-electron chi connectivity index (χ1n) is 16.8. The van der Waals surface area contributed by atoms with E-state index in [9.17, 15) is 0 Å². The van der Waals surface area contributed by atoms with Gasteiger partial charge < -0.3 is 5.73 Å². The summed E-state index contributed by atoms with van der Waals surface area (Å²) in [5.74, 6) is 0. The van der Waals surface area contributed by atoms with E-state index >= 15 is 0 Å². The summed E-state index contributed by atoms with van der Waals surface area (Å²) in [5.41, 5.74) is 6.69. The fraction of sp³-hybridized carbons (Fsp3) is 0.149. The number of halogens is 2. The molecule has 0 fully saturated rings. The second kappa shape index (κ2) is 27.9. The Bertz CT molecular complexity index is 1670. The third-order valence-corrected chi connectivity index (χ3v) is 6.78. The molecule has 0 aliphatic heterocycles. The number of benzene rings is 4. The van der Waals surface area contributed by atoms with E-state index in [2.05, 4.69) is 195 Å². The summed E-state index contributed by atoms with van der Waals surface area (Å²) in [5, 5.41) is 10.6. The third-order valence-electron chi connectivity index (χ3n) is 6.78. The summed E-state index contributed by atoms with van der Waals surface area (Å²) in [7, 11) is 1.08. The van der Waals surface area contributed by atoms with Crippen LogP contribution in [0.3, 0.4) is 0 Å². The molecule has 5 heteroatoms. The molecule has 8 aromatic rings. The van der Waals surface area contributed by atoms with Crippen LogP contribution in [0.25, 0.3) is 48.8 Å². The predicted octanol–water partition coefficient (Wildman–Crippen LogP) is 15.0. The first kappa shape index (κ1) is 48.3. The van der Waals surface area contributed by atoms with E-state index in [1.807, 2.05) is 32.9 Å². The van der Waals surface area contributed by atoms with Crippen molar-refractivity contribution in [2.24, 2.45) is 0 Å². The average molecular weight is 777 g/mol. The number of hydrogen-bond acceptors (Lipinski definition) is 0.